The number of aromatic nitrogens is 2. The minimum absolute atomic E-state index is 0.0902. The van der Waals surface area contributed by atoms with E-state index < -0.39 is 5.54 Å². The number of rotatable bonds is 3. The van der Waals surface area contributed by atoms with Gasteiger partial charge in [0, 0.05) is 20.9 Å². The molecular weight excluding hydrogens is 517 g/mol. The maximum absolute atomic E-state index is 13.5. The molecule has 2 aromatic carbocycles. The molecule has 0 saturated carbocycles. The number of anilines is 2. The van der Waals surface area contributed by atoms with Crippen molar-refractivity contribution in [3.05, 3.63) is 73.3 Å². The zero-order chi connectivity index (χ0) is 19.3. The van der Waals surface area contributed by atoms with Crippen LogP contribution in [0.3, 0.4) is 0 Å². The maximum Gasteiger partial charge on any atom is 0.260 e. The average Bonchev–Trinajstić information content (AvgIpc) is 3.07. The predicted octanol–water partition coefficient (Wildman–Crippen LogP) is 6.35. The van der Waals surface area contributed by atoms with Gasteiger partial charge >= 0.3 is 0 Å². The summed E-state index contributed by atoms with van der Waals surface area (Å²) in [6, 6.07) is 13.0. The second kappa shape index (κ2) is 6.92. The summed E-state index contributed by atoms with van der Waals surface area (Å²) in [5.74, 6) is 0.442. The third-order valence-electron chi connectivity index (χ3n) is 4.62. The highest BCUT2D eigenvalue weighted by molar-refractivity contribution is 9.10. The molecule has 2 heterocycles. The van der Waals surface area contributed by atoms with Gasteiger partial charge in [0.05, 0.1) is 11.9 Å². The monoisotopic (exact) mass is 527 g/mol. The van der Waals surface area contributed by atoms with Gasteiger partial charge in [0.1, 0.15) is 10.1 Å². The second-order valence-corrected chi connectivity index (χ2v) is 9.16. The van der Waals surface area contributed by atoms with E-state index >= 15 is 0 Å². The minimum Gasteiger partial charge on any atom is -0.289 e. The van der Waals surface area contributed by atoms with Crippen LogP contribution in [0.4, 0.5) is 11.6 Å². The van der Waals surface area contributed by atoms with Gasteiger partial charge in [0.2, 0.25) is 5.95 Å². The Balaban J connectivity index is 1.83. The summed E-state index contributed by atoms with van der Waals surface area (Å²) in [7, 11) is 0. The van der Waals surface area contributed by atoms with Crippen LogP contribution in [0, 0.1) is 0 Å². The quantitative estimate of drug-likeness (QED) is 0.396. The van der Waals surface area contributed by atoms with Gasteiger partial charge < -0.3 is 0 Å². The summed E-state index contributed by atoms with van der Waals surface area (Å²) in [4.78, 5) is 19.6. The van der Waals surface area contributed by atoms with Crippen LogP contribution in [-0.2, 0) is 16.8 Å². The van der Waals surface area contributed by atoms with E-state index in [1.54, 1.807) is 29.3 Å². The molecule has 0 spiro atoms. The first-order valence-electron chi connectivity index (χ1n) is 8.08. The molecule has 1 aliphatic heterocycles. The van der Waals surface area contributed by atoms with Crippen molar-refractivity contribution in [3.63, 3.8) is 0 Å². The van der Waals surface area contributed by atoms with Crippen molar-refractivity contribution in [1.82, 2.24) is 9.55 Å². The van der Waals surface area contributed by atoms with E-state index in [-0.39, 0.29) is 5.91 Å². The van der Waals surface area contributed by atoms with E-state index in [2.05, 4.69) is 36.8 Å². The Bertz CT molecular complexity index is 1030. The fraction of sp³-hybridized carbons (Fsp3) is 0.158. The van der Waals surface area contributed by atoms with Gasteiger partial charge in [-0.3, -0.25) is 9.36 Å². The van der Waals surface area contributed by atoms with E-state index in [9.17, 15) is 4.79 Å². The molecule has 138 valence electrons. The molecule has 1 aliphatic rings. The standard InChI is InChI=1S/C19H13Br2Cl2N3O/c1-19(9-11-2-4-12(20)5-3-11)17(27)25(18-24-10-16(21)26(18)19)15-7-13(22)6-14(23)8-15/h2-8,10H,9H2,1H3/t19-/m1/s1. The highest BCUT2D eigenvalue weighted by Crippen LogP contribution is 2.44. The van der Waals surface area contributed by atoms with Crippen molar-refractivity contribution in [2.75, 3.05) is 4.90 Å². The molecule has 4 rings (SSSR count). The Morgan fingerprint density at radius 1 is 1.07 bits per heavy atom. The molecule has 8 heteroatoms. The van der Waals surface area contributed by atoms with Crippen LogP contribution < -0.4 is 4.90 Å². The van der Waals surface area contributed by atoms with Crippen LogP contribution in [0.2, 0.25) is 10.0 Å². The van der Waals surface area contributed by atoms with Crippen molar-refractivity contribution >= 4 is 72.6 Å². The largest absolute Gasteiger partial charge is 0.289 e. The molecule has 1 amide bonds. The summed E-state index contributed by atoms with van der Waals surface area (Å²) >= 11 is 19.3. The van der Waals surface area contributed by atoms with Crippen molar-refractivity contribution in [3.8, 4) is 0 Å². The van der Waals surface area contributed by atoms with E-state index in [1.165, 1.54) is 0 Å². The van der Waals surface area contributed by atoms with Gasteiger partial charge in [-0.1, -0.05) is 51.3 Å². The number of nitrogens with zero attached hydrogens (tertiary/aromatic N) is 3. The summed E-state index contributed by atoms with van der Waals surface area (Å²) in [5, 5.41) is 0.924. The lowest BCUT2D eigenvalue weighted by Gasteiger charge is -2.26. The molecule has 0 bridgehead atoms. The normalized spacial score (nSPS) is 18.9. The molecule has 4 nitrogen and oxygen atoms in total. The van der Waals surface area contributed by atoms with Crippen molar-refractivity contribution in [1.29, 1.82) is 0 Å². The summed E-state index contributed by atoms with van der Waals surface area (Å²) in [5.41, 5.74) is 0.802. The van der Waals surface area contributed by atoms with Gasteiger partial charge in [-0.05, 0) is 58.7 Å². The van der Waals surface area contributed by atoms with Crippen molar-refractivity contribution in [2.24, 2.45) is 0 Å². The van der Waals surface area contributed by atoms with Crippen LogP contribution in [0.15, 0.2) is 57.7 Å². The molecule has 0 aliphatic carbocycles. The fourth-order valence-corrected chi connectivity index (χ4v) is 4.85. The van der Waals surface area contributed by atoms with Gasteiger partial charge in [0.15, 0.2) is 0 Å². The molecule has 0 N–H and O–H groups in total. The number of imidazole rings is 1. The minimum atomic E-state index is -0.840. The topological polar surface area (TPSA) is 38.1 Å². The lowest BCUT2D eigenvalue weighted by Crippen LogP contribution is -2.41. The third kappa shape index (κ3) is 3.23. The Morgan fingerprint density at radius 3 is 2.33 bits per heavy atom. The first-order valence-corrected chi connectivity index (χ1v) is 10.4. The second-order valence-electron chi connectivity index (χ2n) is 6.56. The number of benzene rings is 2. The molecule has 0 unspecified atom stereocenters. The number of carbonyl (C=O) groups excluding carboxylic acids is 1. The van der Waals surface area contributed by atoms with Gasteiger partial charge in [-0.25, -0.2) is 9.88 Å². The van der Waals surface area contributed by atoms with Gasteiger partial charge in [0.25, 0.3) is 5.91 Å². The number of hydrogen-bond acceptors (Lipinski definition) is 2. The number of amides is 1. The Hall–Kier alpha value is -1.34. The van der Waals surface area contributed by atoms with Crippen LogP contribution in [0.1, 0.15) is 12.5 Å². The number of hydrogen-bond donors (Lipinski definition) is 0. The molecule has 27 heavy (non-hydrogen) atoms. The van der Waals surface area contributed by atoms with E-state index in [0.29, 0.717) is 28.1 Å². The van der Waals surface area contributed by atoms with Gasteiger partial charge in [-0.15, -0.1) is 0 Å². The highest BCUT2D eigenvalue weighted by atomic mass is 79.9. The lowest BCUT2D eigenvalue weighted by molar-refractivity contribution is -0.124. The zero-order valence-electron chi connectivity index (χ0n) is 14.1. The fourth-order valence-electron chi connectivity index (χ4n) is 3.42. The zero-order valence-corrected chi connectivity index (χ0v) is 18.8. The molecule has 0 fully saturated rings. The Kier molecular flexibility index (Phi) is 4.87. The van der Waals surface area contributed by atoms with E-state index in [4.69, 9.17) is 23.2 Å². The SMILES string of the molecule is C[C@@]1(Cc2ccc(Br)cc2)C(=O)N(c2cc(Cl)cc(Cl)c2)c2ncc(Br)n21. The number of carbonyl (C=O) groups is 1. The first-order chi connectivity index (χ1) is 12.8. The number of fused-ring (bicyclic) bond motifs is 1. The highest BCUT2D eigenvalue weighted by Gasteiger charge is 2.50. The van der Waals surface area contributed by atoms with Crippen LogP contribution >= 0.6 is 55.1 Å². The summed E-state index contributed by atoms with van der Waals surface area (Å²) in [6.45, 7) is 1.92. The smallest absolute Gasteiger partial charge is 0.260 e. The number of halogens is 4. The average molecular weight is 530 g/mol. The van der Waals surface area contributed by atoms with E-state index in [1.807, 2.05) is 35.8 Å². The summed E-state index contributed by atoms with van der Waals surface area (Å²) in [6.07, 6.45) is 2.21. The molecule has 0 radical (unpaired) electrons. The van der Waals surface area contributed by atoms with Crippen LogP contribution in [-0.4, -0.2) is 15.5 Å². The third-order valence-corrected chi connectivity index (χ3v) is 6.15. The molecule has 0 saturated heterocycles. The van der Waals surface area contributed by atoms with Crippen molar-refractivity contribution in [2.45, 2.75) is 18.9 Å². The van der Waals surface area contributed by atoms with Crippen LogP contribution in [0.5, 0.6) is 0 Å². The molecular formula is C19H13Br2Cl2N3O. The molecule has 1 aromatic heterocycles. The Labute approximate surface area is 183 Å². The lowest BCUT2D eigenvalue weighted by atomic mass is 9.92. The van der Waals surface area contributed by atoms with Crippen molar-refractivity contribution < 1.29 is 4.79 Å². The molecule has 1 atom stereocenters. The molecule has 3 aromatic rings. The van der Waals surface area contributed by atoms with Gasteiger partial charge in [-0.2, -0.15) is 0 Å². The predicted molar refractivity (Wildman–Crippen MR) is 115 cm³/mol. The first kappa shape index (κ1) is 19.0. The summed E-state index contributed by atoms with van der Waals surface area (Å²) < 4.78 is 3.64. The Morgan fingerprint density at radius 2 is 1.70 bits per heavy atom. The van der Waals surface area contributed by atoms with E-state index in [0.717, 1.165) is 14.6 Å². The van der Waals surface area contributed by atoms with Crippen LogP contribution in [0.25, 0.3) is 0 Å². The maximum atomic E-state index is 13.5.